The monoisotopic (exact) mass is 228 g/mol. The average molecular weight is 228 g/mol. The van der Waals surface area contributed by atoms with Crippen molar-refractivity contribution in [2.75, 3.05) is 13.2 Å². The molecule has 1 rings (SSSR count). The van der Waals surface area contributed by atoms with E-state index in [2.05, 4.69) is 31.4 Å². The second-order valence-corrected chi connectivity index (χ2v) is 10.3. The molecule has 15 heavy (non-hydrogen) atoms. The Balaban J connectivity index is 2.03. The molecule has 0 bridgehead atoms. The first-order valence-corrected chi connectivity index (χ1v) is 9.56. The summed E-state index contributed by atoms with van der Waals surface area (Å²) in [5, 5.41) is 0. The smallest absolute Gasteiger partial charge is 0.157 e. The summed E-state index contributed by atoms with van der Waals surface area (Å²) in [6, 6.07) is 0. The minimum absolute atomic E-state index is 0.0685. The second kappa shape index (κ2) is 6.46. The van der Waals surface area contributed by atoms with Crippen molar-refractivity contribution in [2.24, 2.45) is 0 Å². The van der Waals surface area contributed by atoms with Gasteiger partial charge in [0, 0.05) is 6.61 Å². The Morgan fingerprint density at radius 1 is 1.33 bits per heavy atom. The highest BCUT2D eigenvalue weighted by molar-refractivity contribution is 6.80. The van der Waals surface area contributed by atoms with E-state index in [4.69, 9.17) is 9.47 Å². The molecular weight excluding hydrogens is 204 g/mol. The van der Waals surface area contributed by atoms with E-state index in [1.54, 1.807) is 0 Å². The maximum atomic E-state index is 5.64. The van der Waals surface area contributed by atoms with Crippen LogP contribution in [0.4, 0.5) is 0 Å². The second-order valence-electron chi connectivity index (χ2n) is 5.22. The highest BCUT2D eigenvalue weighted by atomic mass is 28.3. The molecule has 3 heteroatoms. The molecule has 1 fully saturated rings. The Labute approximate surface area is 94.7 Å². The number of hydrogen-bond acceptors (Lipinski definition) is 2. The summed E-state index contributed by atoms with van der Waals surface area (Å²) in [7, 11) is -1.01. The van der Waals surface area contributed by atoms with E-state index in [1.165, 1.54) is 12.8 Å². The van der Waals surface area contributed by atoms with Gasteiger partial charge in [-0.15, -0.1) is 0 Å². The Bertz CT molecular complexity index is 190. The molecule has 0 aliphatic carbocycles. The van der Waals surface area contributed by atoms with Crippen LogP contribution in [0, 0.1) is 0 Å². The topological polar surface area (TPSA) is 18.5 Å². The minimum atomic E-state index is -1.01. The predicted octanol–water partition coefficient (Wildman–Crippen LogP) is 3.35. The van der Waals surface area contributed by atoms with Crippen LogP contribution in [0.15, 0.2) is 11.8 Å². The summed E-state index contributed by atoms with van der Waals surface area (Å²) in [5.41, 5.74) is 2.37. The van der Waals surface area contributed by atoms with Crippen LogP contribution in [-0.4, -0.2) is 27.6 Å². The molecule has 0 spiro atoms. The first kappa shape index (κ1) is 12.9. The van der Waals surface area contributed by atoms with E-state index in [0.29, 0.717) is 0 Å². The quantitative estimate of drug-likeness (QED) is 0.531. The molecule has 2 nitrogen and oxygen atoms in total. The Hall–Kier alpha value is -0.123. The van der Waals surface area contributed by atoms with Gasteiger partial charge in [0.15, 0.2) is 6.29 Å². The van der Waals surface area contributed by atoms with Gasteiger partial charge in [-0.05, 0) is 25.7 Å². The minimum Gasteiger partial charge on any atom is -0.353 e. The van der Waals surface area contributed by atoms with Crippen LogP contribution in [0.5, 0.6) is 0 Å². The van der Waals surface area contributed by atoms with Gasteiger partial charge >= 0.3 is 0 Å². The molecule has 0 aromatic rings. The fraction of sp³-hybridized carbons (Fsp3) is 0.833. The van der Waals surface area contributed by atoms with E-state index in [1.807, 2.05) is 0 Å². The van der Waals surface area contributed by atoms with Crippen molar-refractivity contribution in [3.8, 4) is 0 Å². The van der Waals surface area contributed by atoms with Crippen LogP contribution < -0.4 is 0 Å². The zero-order valence-corrected chi connectivity index (χ0v) is 11.3. The zero-order chi connectivity index (χ0) is 11.1. The van der Waals surface area contributed by atoms with Gasteiger partial charge < -0.3 is 9.47 Å². The average Bonchev–Trinajstić information content (AvgIpc) is 2.17. The normalized spacial score (nSPS) is 23.5. The summed E-state index contributed by atoms with van der Waals surface area (Å²) < 4.78 is 11.1. The number of ether oxygens (including phenoxy) is 2. The van der Waals surface area contributed by atoms with Crippen molar-refractivity contribution < 1.29 is 9.47 Å². The maximum Gasteiger partial charge on any atom is 0.157 e. The summed E-state index contributed by atoms with van der Waals surface area (Å²) >= 11 is 0. The summed E-state index contributed by atoms with van der Waals surface area (Å²) in [4.78, 5) is 0. The lowest BCUT2D eigenvalue weighted by molar-refractivity contribution is -0.161. The van der Waals surface area contributed by atoms with Crippen molar-refractivity contribution in [1.29, 1.82) is 0 Å². The Kier molecular flexibility index (Phi) is 5.57. The fourth-order valence-electron chi connectivity index (χ4n) is 1.55. The molecule has 0 N–H and O–H groups in total. The third-order valence-corrected chi connectivity index (χ3v) is 3.58. The van der Waals surface area contributed by atoms with E-state index < -0.39 is 8.07 Å². The fourth-order valence-corrected chi connectivity index (χ4v) is 2.42. The van der Waals surface area contributed by atoms with Crippen LogP contribution in [0.1, 0.15) is 25.7 Å². The lowest BCUT2D eigenvalue weighted by Gasteiger charge is -2.22. The molecule has 1 heterocycles. The van der Waals surface area contributed by atoms with Gasteiger partial charge in [0.2, 0.25) is 0 Å². The predicted molar refractivity (Wildman–Crippen MR) is 66.6 cm³/mol. The van der Waals surface area contributed by atoms with Crippen LogP contribution in [0.3, 0.4) is 0 Å². The largest absolute Gasteiger partial charge is 0.353 e. The molecule has 0 aromatic carbocycles. The lowest BCUT2D eigenvalue weighted by Crippen LogP contribution is -2.22. The molecule has 88 valence electrons. The molecule has 1 unspecified atom stereocenters. The lowest BCUT2D eigenvalue weighted by atomic mass is 10.2. The third kappa shape index (κ3) is 6.87. The number of hydrogen-bond donors (Lipinski definition) is 0. The molecule has 1 aliphatic rings. The van der Waals surface area contributed by atoms with Gasteiger partial charge in [-0.3, -0.25) is 0 Å². The molecule has 1 atom stereocenters. The van der Waals surface area contributed by atoms with Gasteiger partial charge in [0.1, 0.15) is 0 Å². The summed E-state index contributed by atoms with van der Waals surface area (Å²) in [6.07, 6.45) is 6.85. The van der Waals surface area contributed by atoms with Crippen LogP contribution in [0.25, 0.3) is 0 Å². The van der Waals surface area contributed by atoms with Crippen molar-refractivity contribution in [3.05, 3.63) is 11.8 Å². The molecule has 1 saturated heterocycles. The van der Waals surface area contributed by atoms with Crippen molar-refractivity contribution in [3.63, 3.8) is 0 Å². The Morgan fingerprint density at radius 3 is 2.73 bits per heavy atom. The standard InChI is InChI=1S/C12H24O2Si/c1-15(2,3)11-7-6-10-14-12-8-4-5-9-13-12/h7,11-12H,4-6,8-10H2,1-3H3/b11-7+. The third-order valence-electron chi connectivity index (χ3n) is 2.34. The molecular formula is C12H24O2Si. The zero-order valence-electron chi connectivity index (χ0n) is 10.3. The van der Waals surface area contributed by atoms with Gasteiger partial charge in [0.25, 0.3) is 0 Å². The van der Waals surface area contributed by atoms with E-state index >= 15 is 0 Å². The SMILES string of the molecule is C[Si](C)(C)/C=C/CCOC1CCCCO1. The van der Waals surface area contributed by atoms with E-state index in [9.17, 15) is 0 Å². The summed E-state index contributed by atoms with van der Waals surface area (Å²) in [5.74, 6) is 0. The highest BCUT2D eigenvalue weighted by Crippen LogP contribution is 2.13. The molecule has 1 aliphatic heterocycles. The van der Waals surface area contributed by atoms with Gasteiger partial charge in [-0.1, -0.05) is 31.4 Å². The van der Waals surface area contributed by atoms with Crippen molar-refractivity contribution in [1.82, 2.24) is 0 Å². The molecule has 0 radical (unpaired) electrons. The van der Waals surface area contributed by atoms with Gasteiger partial charge in [-0.2, -0.15) is 0 Å². The first-order valence-electron chi connectivity index (χ1n) is 5.99. The first-order chi connectivity index (χ1) is 7.08. The van der Waals surface area contributed by atoms with E-state index in [0.717, 1.165) is 26.1 Å². The van der Waals surface area contributed by atoms with Gasteiger partial charge in [-0.25, -0.2) is 0 Å². The van der Waals surface area contributed by atoms with Gasteiger partial charge in [0.05, 0.1) is 14.7 Å². The summed E-state index contributed by atoms with van der Waals surface area (Å²) in [6.45, 7) is 8.69. The number of rotatable bonds is 5. The maximum absolute atomic E-state index is 5.64. The van der Waals surface area contributed by atoms with Crippen LogP contribution in [-0.2, 0) is 9.47 Å². The van der Waals surface area contributed by atoms with E-state index in [-0.39, 0.29) is 6.29 Å². The van der Waals surface area contributed by atoms with Crippen LogP contribution >= 0.6 is 0 Å². The molecule has 0 saturated carbocycles. The molecule has 0 amide bonds. The van der Waals surface area contributed by atoms with Crippen molar-refractivity contribution >= 4 is 8.07 Å². The highest BCUT2D eigenvalue weighted by Gasteiger charge is 2.13. The van der Waals surface area contributed by atoms with Crippen molar-refractivity contribution in [2.45, 2.75) is 51.6 Å². The Morgan fingerprint density at radius 2 is 2.13 bits per heavy atom. The van der Waals surface area contributed by atoms with Crippen LogP contribution in [0.2, 0.25) is 19.6 Å². The molecule has 0 aromatic heterocycles.